The number of nitrogens with zero attached hydrogens (tertiary/aromatic N) is 1. The van der Waals surface area contributed by atoms with E-state index in [0.29, 0.717) is 6.42 Å². The van der Waals surface area contributed by atoms with Crippen molar-refractivity contribution in [3.8, 4) is 16.9 Å². The quantitative estimate of drug-likeness (QED) is 0.499. The van der Waals surface area contributed by atoms with E-state index in [4.69, 9.17) is 4.74 Å². The second kappa shape index (κ2) is 8.74. The van der Waals surface area contributed by atoms with Crippen molar-refractivity contribution in [3.05, 3.63) is 83.7 Å². The Morgan fingerprint density at radius 2 is 1.59 bits per heavy atom. The number of methoxy groups -OCH3 is 1. The molecule has 0 radical (unpaired) electrons. The van der Waals surface area contributed by atoms with Gasteiger partial charge in [0.25, 0.3) is 0 Å². The SMILES string of the molecule is CCCS(=O)(=O)N(C(=O)CC1c2ccccc2-c2ccccc21)c1ccc(OC)c(F)c1. The Kier molecular flexibility index (Phi) is 6.02. The van der Waals surface area contributed by atoms with Gasteiger partial charge in [0.1, 0.15) is 0 Å². The van der Waals surface area contributed by atoms with Gasteiger partial charge in [0.2, 0.25) is 15.9 Å². The van der Waals surface area contributed by atoms with E-state index < -0.39 is 21.7 Å². The molecule has 0 spiro atoms. The molecule has 0 aliphatic heterocycles. The van der Waals surface area contributed by atoms with Crippen LogP contribution in [0.25, 0.3) is 11.1 Å². The summed E-state index contributed by atoms with van der Waals surface area (Å²) in [5.41, 5.74) is 4.02. The lowest BCUT2D eigenvalue weighted by molar-refractivity contribution is -0.117. The van der Waals surface area contributed by atoms with Gasteiger partial charge >= 0.3 is 0 Å². The molecule has 5 nitrogen and oxygen atoms in total. The average molecular weight is 454 g/mol. The maximum absolute atomic E-state index is 14.4. The molecule has 0 bridgehead atoms. The highest BCUT2D eigenvalue weighted by Crippen LogP contribution is 2.46. The van der Waals surface area contributed by atoms with Gasteiger partial charge in [0, 0.05) is 18.4 Å². The standard InChI is InChI=1S/C25H24FNO4S/c1-3-14-32(29,30)27(17-12-13-24(31-2)23(26)15-17)25(28)16-22-20-10-6-4-8-18(20)19-9-5-7-11-21(19)22/h4-13,15,22H,3,14,16H2,1-2H3. The molecular formula is C25H24FNO4S. The summed E-state index contributed by atoms with van der Waals surface area (Å²) in [6.07, 6.45) is 0.282. The third-order valence-electron chi connectivity index (χ3n) is 5.68. The van der Waals surface area contributed by atoms with Crippen LogP contribution in [-0.2, 0) is 14.8 Å². The third-order valence-corrected chi connectivity index (χ3v) is 7.57. The van der Waals surface area contributed by atoms with Crippen LogP contribution in [0.1, 0.15) is 36.8 Å². The first-order chi connectivity index (χ1) is 15.4. The van der Waals surface area contributed by atoms with Crippen LogP contribution in [0.2, 0.25) is 0 Å². The molecule has 7 heteroatoms. The second-order valence-electron chi connectivity index (χ2n) is 7.72. The molecule has 1 aliphatic rings. The number of anilines is 1. The van der Waals surface area contributed by atoms with E-state index in [1.165, 1.54) is 19.2 Å². The Labute approximate surface area is 187 Å². The van der Waals surface area contributed by atoms with Crippen molar-refractivity contribution in [2.75, 3.05) is 17.2 Å². The van der Waals surface area contributed by atoms with Gasteiger partial charge in [-0.1, -0.05) is 55.5 Å². The molecule has 0 unspecified atom stereocenters. The normalized spacial score (nSPS) is 12.8. The van der Waals surface area contributed by atoms with Crippen molar-refractivity contribution < 1.29 is 22.3 Å². The minimum Gasteiger partial charge on any atom is -0.494 e. The molecule has 0 heterocycles. The number of halogens is 1. The van der Waals surface area contributed by atoms with Gasteiger partial charge < -0.3 is 4.74 Å². The van der Waals surface area contributed by atoms with Gasteiger partial charge in [-0.05, 0) is 40.8 Å². The maximum Gasteiger partial charge on any atom is 0.241 e. The number of ether oxygens (including phenoxy) is 1. The van der Waals surface area contributed by atoms with Crippen LogP contribution in [0, 0.1) is 5.82 Å². The van der Waals surface area contributed by atoms with Gasteiger partial charge in [-0.3, -0.25) is 4.79 Å². The molecule has 3 aromatic rings. The summed E-state index contributed by atoms with van der Waals surface area (Å²) in [6.45, 7) is 1.72. The largest absolute Gasteiger partial charge is 0.494 e. The fourth-order valence-electron chi connectivity index (χ4n) is 4.33. The van der Waals surface area contributed by atoms with Crippen molar-refractivity contribution in [1.82, 2.24) is 0 Å². The molecule has 0 fully saturated rings. The number of fused-ring (bicyclic) bond motifs is 3. The molecule has 0 aromatic heterocycles. The number of hydrogen-bond donors (Lipinski definition) is 0. The Morgan fingerprint density at radius 1 is 1.00 bits per heavy atom. The third kappa shape index (κ3) is 3.88. The first kappa shape index (κ1) is 22.0. The van der Waals surface area contributed by atoms with E-state index in [9.17, 15) is 17.6 Å². The van der Waals surface area contributed by atoms with Crippen LogP contribution in [-0.4, -0.2) is 27.2 Å². The molecule has 166 valence electrons. The van der Waals surface area contributed by atoms with Crippen LogP contribution in [0.3, 0.4) is 0 Å². The predicted molar refractivity (Wildman–Crippen MR) is 123 cm³/mol. The van der Waals surface area contributed by atoms with E-state index in [0.717, 1.165) is 32.6 Å². The zero-order chi connectivity index (χ0) is 22.9. The summed E-state index contributed by atoms with van der Waals surface area (Å²) in [7, 11) is -2.66. The van der Waals surface area contributed by atoms with E-state index in [-0.39, 0.29) is 29.5 Å². The van der Waals surface area contributed by atoms with Crippen molar-refractivity contribution in [3.63, 3.8) is 0 Å². The zero-order valence-corrected chi connectivity index (χ0v) is 18.7. The van der Waals surface area contributed by atoms with Crippen molar-refractivity contribution >= 4 is 21.6 Å². The topological polar surface area (TPSA) is 63.7 Å². The second-order valence-corrected chi connectivity index (χ2v) is 9.66. The fraction of sp³-hybridized carbons (Fsp3) is 0.240. The molecule has 1 amide bonds. The zero-order valence-electron chi connectivity index (χ0n) is 17.9. The van der Waals surface area contributed by atoms with Crippen LogP contribution < -0.4 is 9.04 Å². The Hall–Kier alpha value is -3.19. The van der Waals surface area contributed by atoms with Gasteiger partial charge in [0.15, 0.2) is 11.6 Å². The van der Waals surface area contributed by atoms with Crippen molar-refractivity contribution in [2.45, 2.75) is 25.7 Å². The number of carbonyl (C=O) groups excluding carboxylic acids is 1. The molecule has 4 rings (SSSR count). The first-order valence-corrected chi connectivity index (χ1v) is 12.1. The highest BCUT2D eigenvalue weighted by atomic mass is 32.2. The van der Waals surface area contributed by atoms with Gasteiger partial charge in [0.05, 0.1) is 18.6 Å². The lowest BCUT2D eigenvalue weighted by Crippen LogP contribution is -2.39. The Bertz CT molecular complexity index is 1230. The van der Waals surface area contributed by atoms with Crippen LogP contribution >= 0.6 is 0 Å². The average Bonchev–Trinajstić information content (AvgIpc) is 3.08. The maximum atomic E-state index is 14.4. The highest BCUT2D eigenvalue weighted by Gasteiger charge is 2.35. The summed E-state index contributed by atoms with van der Waals surface area (Å²) >= 11 is 0. The number of sulfonamides is 1. The summed E-state index contributed by atoms with van der Waals surface area (Å²) in [4.78, 5) is 13.5. The van der Waals surface area contributed by atoms with Gasteiger partial charge in [-0.15, -0.1) is 0 Å². The minimum absolute atomic E-state index is 0.0207. The fourth-order valence-corrected chi connectivity index (χ4v) is 5.85. The molecule has 0 saturated carbocycles. The Morgan fingerprint density at radius 3 is 2.12 bits per heavy atom. The lowest BCUT2D eigenvalue weighted by atomic mass is 9.93. The highest BCUT2D eigenvalue weighted by molar-refractivity contribution is 7.93. The molecule has 32 heavy (non-hydrogen) atoms. The Balaban J connectivity index is 1.75. The van der Waals surface area contributed by atoms with Crippen LogP contribution in [0.4, 0.5) is 10.1 Å². The molecule has 1 aliphatic carbocycles. The van der Waals surface area contributed by atoms with Crippen LogP contribution in [0.15, 0.2) is 66.7 Å². The molecular weight excluding hydrogens is 429 g/mol. The van der Waals surface area contributed by atoms with E-state index in [2.05, 4.69) is 0 Å². The van der Waals surface area contributed by atoms with Crippen LogP contribution in [0.5, 0.6) is 5.75 Å². The predicted octanol–water partition coefficient (Wildman–Crippen LogP) is 5.11. The van der Waals surface area contributed by atoms with Gasteiger partial charge in [-0.2, -0.15) is 0 Å². The summed E-state index contributed by atoms with van der Waals surface area (Å²) in [6, 6.07) is 19.4. The van der Waals surface area contributed by atoms with E-state index in [1.807, 2.05) is 48.5 Å². The van der Waals surface area contributed by atoms with E-state index in [1.54, 1.807) is 6.92 Å². The summed E-state index contributed by atoms with van der Waals surface area (Å²) in [5, 5.41) is 0. The molecule has 0 saturated heterocycles. The summed E-state index contributed by atoms with van der Waals surface area (Å²) in [5.74, 6) is -1.85. The number of hydrogen-bond acceptors (Lipinski definition) is 4. The van der Waals surface area contributed by atoms with Crippen molar-refractivity contribution in [2.24, 2.45) is 0 Å². The lowest BCUT2D eigenvalue weighted by Gasteiger charge is -2.24. The van der Waals surface area contributed by atoms with Crippen molar-refractivity contribution in [1.29, 1.82) is 0 Å². The number of rotatable bonds is 7. The molecule has 0 N–H and O–H groups in total. The first-order valence-electron chi connectivity index (χ1n) is 10.4. The molecule has 3 aromatic carbocycles. The number of carbonyl (C=O) groups is 1. The monoisotopic (exact) mass is 453 g/mol. The number of benzene rings is 3. The van der Waals surface area contributed by atoms with Gasteiger partial charge in [-0.25, -0.2) is 17.1 Å². The summed E-state index contributed by atoms with van der Waals surface area (Å²) < 4.78 is 46.2. The molecule has 0 atom stereocenters. The number of amides is 1. The smallest absolute Gasteiger partial charge is 0.241 e. The minimum atomic E-state index is -3.98. The van der Waals surface area contributed by atoms with E-state index >= 15 is 0 Å².